The predicted octanol–water partition coefficient (Wildman–Crippen LogP) is 3.64. The molecule has 1 unspecified atom stereocenters. The van der Waals surface area contributed by atoms with Gasteiger partial charge in [-0.2, -0.15) is 0 Å². The predicted molar refractivity (Wildman–Crippen MR) is 112 cm³/mol. The van der Waals surface area contributed by atoms with Gasteiger partial charge >= 0.3 is 0 Å². The lowest BCUT2D eigenvalue weighted by atomic mass is 10.1. The van der Waals surface area contributed by atoms with Gasteiger partial charge in [0.25, 0.3) is 8.32 Å². The fourth-order valence-corrected chi connectivity index (χ4v) is 8.67. The van der Waals surface area contributed by atoms with Crippen LogP contribution in [0, 0.1) is 0 Å². The molecule has 0 radical (unpaired) electrons. The summed E-state index contributed by atoms with van der Waals surface area (Å²) in [5, 5.41) is 6.03. The molecule has 132 valence electrons. The van der Waals surface area contributed by atoms with Crippen LogP contribution in [0.25, 0.3) is 0 Å². The van der Waals surface area contributed by atoms with Crippen molar-refractivity contribution in [2.24, 2.45) is 0 Å². The number of hydrogen-bond acceptors (Lipinski definition) is 2. The lowest BCUT2D eigenvalue weighted by molar-refractivity contribution is 0.175. The topological polar surface area (TPSA) is 21.3 Å². The van der Waals surface area contributed by atoms with E-state index in [1.165, 1.54) is 10.4 Å². The molecule has 1 aliphatic rings. The normalized spacial score (nSPS) is 18.7. The van der Waals surface area contributed by atoms with E-state index in [2.05, 4.69) is 86.8 Å². The van der Waals surface area contributed by atoms with Gasteiger partial charge in [-0.15, -0.1) is 0 Å². The zero-order valence-corrected chi connectivity index (χ0v) is 17.1. The average molecular weight is 370 g/mol. The SMILES string of the molecule is CC(C)(C)[Si](OC1CCC(=S)NC1)(c1ccccc1)c1ccccc1. The minimum Gasteiger partial charge on any atom is -0.403 e. The number of nitrogens with one attached hydrogen (secondary N) is 1. The molecule has 0 aromatic heterocycles. The minimum absolute atomic E-state index is 0.0215. The molecule has 1 atom stereocenters. The van der Waals surface area contributed by atoms with Crippen LogP contribution in [0.2, 0.25) is 5.04 Å². The van der Waals surface area contributed by atoms with E-state index in [1.807, 2.05) is 0 Å². The average Bonchev–Trinajstić information content (AvgIpc) is 2.62. The Morgan fingerprint density at radius 1 is 0.960 bits per heavy atom. The van der Waals surface area contributed by atoms with Gasteiger partial charge in [-0.1, -0.05) is 93.7 Å². The van der Waals surface area contributed by atoms with E-state index in [0.717, 1.165) is 24.4 Å². The monoisotopic (exact) mass is 369 g/mol. The first-order chi connectivity index (χ1) is 11.9. The van der Waals surface area contributed by atoms with E-state index in [9.17, 15) is 0 Å². The third kappa shape index (κ3) is 3.71. The maximum atomic E-state index is 7.08. The first-order valence-electron chi connectivity index (χ1n) is 8.99. The molecule has 2 nitrogen and oxygen atoms in total. The fourth-order valence-electron chi connectivity index (χ4n) is 3.75. The summed E-state index contributed by atoms with van der Waals surface area (Å²) < 4.78 is 7.08. The van der Waals surface area contributed by atoms with E-state index in [-0.39, 0.29) is 11.1 Å². The molecule has 25 heavy (non-hydrogen) atoms. The zero-order chi connectivity index (χ0) is 17.9. The molecule has 0 aliphatic carbocycles. The Labute approximate surface area is 157 Å². The maximum absolute atomic E-state index is 7.08. The van der Waals surface area contributed by atoms with Gasteiger partial charge in [-0.05, 0) is 21.8 Å². The van der Waals surface area contributed by atoms with Crippen LogP contribution in [-0.2, 0) is 4.43 Å². The van der Waals surface area contributed by atoms with Gasteiger partial charge in [0.1, 0.15) is 0 Å². The molecule has 1 fully saturated rings. The van der Waals surface area contributed by atoms with Crippen molar-refractivity contribution >= 4 is 35.9 Å². The van der Waals surface area contributed by atoms with Crippen LogP contribution in [-0.4, -0.2) is 26.0 Å². The van der Waals surface area contributed by atoms with Crippen LogP contribution in [0.5, 0.6) is 0 Å². The molecule has 1 heterocycles. The van der Waals surface area contributed by atoms with Crippen molar-refractivity contribution in [1.29, 1.82) is 0 Å². The van der Waals surface area contributed by atoms with Crippen LogP contribution in [0.15, 0.2) is 60.7 Å². The largest absolute Gasteiger partial charge is 0.403 e. The summed E-state index contributed by atoms with van der Waals surface area (Å²) in [6, 6.07) is 21.6. The van der Waals surface area contributed by atoms with E-state index in [0.29, 0.717) is 0 Å². The third-order valence-corrected chi connectivity index (χ3v) is 10.4. The van der Waals surface area contributed by atoms with Crippen LogP contribution >= 0.6 is 12.2 Å². The summed E-state index contributed by atoms with van der Waals surface area (Å²) in [6.07, 6.45) is 2.10. The van der Waals surface area contributed by atoms with Crippen LogP contribution in [0.3, 0.4) is 0 Å². The molecule has 2 aromatic rings. The Hall–Kier alpha value is -1.49. The molecule has 1 saturated heterocycles. The quantitative estimate of drug-likeness (QED) is 0.657. The summed E-state index contributed by atoms with van der Waals surface area (Å²) in [6.45, 7) is 7.77. The molecule has 0 amide bonds. The van der Waals surface area contributed by atoms with Gasteiger partial charge in [-0.25, -0.2) is 0 Å². The van der Waals surface area contributed by atoms with Crippen molar-refractivity contribution in [2.75, 3.05) is 6.54 Å². The highest BCUT2D eigenvalue weighted by Gasteiger charge is 2.51. The summed E-state index contributed by atoms with van der Waals surface area (Å²) in [5.41, 5.74) is 0. The Morgan fingerprint density at radius 3 is 1.88 bits per heavy atom. The highest BCUT2D eigenvalue weighted by Crippen LogP contribution is 2.38. The van der Waals surface area contributed by atoms with Gasteiger partial charge in [0.15, 0.2) is 0 Å². The van der Waals surface area contributed by atoms with Crippen molar-refractivity contribution in [3.63, 3.8) is 0 Å². The van der Waals surface area contributed by atoms with E-state index in [4.69, 9.17) is 16.6 Å². The number of thiocarbonyl (C=S) groups is 1. The Morgan fingerprint density at radius 2 is 1.48 bits per heavy atom. The van der Waals surface area contributed by atoms with Gasteiger partial charge in [0.05, 0.1) is 11.1 Å². The molecule has 4 heteroatoms. The van der Waals surface area contributed by atoms with Gasteiger partial charge in [0.2, 0.25) is 0 Å². The second kappa shape index (κ2) is 7.40. The summed E-state index contributed by atoms with van der Waals surface area (Å²) in [5.74, 6) is 0. The Balaban J connectivity index is 2.10. The highest BCUT2D eigenvalue weighted by molar-refractivity contribution is 7.80. The first-order valence-corrected chi connectivity index (χ1v) is 11.3. The number of hydrogen-bond donors (Lipinski definition) is 1. The summed E-state index contributed by atoms with van der Waals surface area (Å²) >= 11 is 5.30. The third-order valence-electron chi connectivity index (χ3n) is 4.98. The van der Waals surface area contributed by atoms with Crippen molar-refractivity contribution in [3.05, 3.63) is 60.7 Å². The molecule has 0 bridgehead atoms. The van der Waals surface area contributed by atoms with Crippen molar-refractivity contribution < 1.29 is 4.43 Å². The zero-order valence-electron chi connectivity index (χ0n) is 15.3. The summed E-state index contributed by atoms with van der Waals surface area (Å²) in [4.78, 5) is 0.960. The standard InChI is InChI=1S/C21H27NOSSi/c1-21(2,3)25(18-10-6-4-7-11-18,19-12-8-5-9-13-19)23-17-14-15-20(24)22-16-17/h4-13,17H,14-16H2,1-3H3,(H,22,24). The van der Waals surface area contributed by atoms with E-state index < -0.39 is 8.32 Å². The minimum atomic E-state index is -2.44. The van der Waals surface area contributed by atoms with Gasteiger partial charge in [0, 0.05) is 13.0 Å². The second-order valence-electron chi connectivity index (χ2n) is 7.75. The first kappa shape index (κ1) is 18.3. The molecule has 1 N–H and O–H groups in total. The van der Waals surface area contributed by atoms with Crippen LogP contribution in [0.4, 0.5) is 0 Å². The lowest BCUT2D eigenvalue weighted by Crippen LogP contribution is -2.68. The molecule has 0 spiro atoms. The molecular weight excluding hydrogens is 342 g/mol. The lowest BCUT2D eigenvalue weighted by Gasteiger charge is -2.46. The molecule has 3 rings (SSSR count). The molecule has 1 aliphatic heterocycles. The maximum Gasteiger partial charge on any atom is 0.261 e. The van der Waals surface area contributed by atoms with Crippen LogP contribution < -0.4 is 15.7 Å². The van der Waals surface area contributed by atoms with E-state index >= 15 is 0 Å². The van der Waals surface area contributed by atoms with Crippen molar-refractivity contribution in [3.8, 4) is 0 Å². The summed E-state index contributed by atoms with van der Waals surface area (Å²) in [7, 11) is -2.44. The fraction of sp³-hybridized carbons (Fsp3) is 0.381. The molecule has 0 saturated carbocycles. The molecule has 2 aromatic carbocycles. The van der Waals surface area contributed by atoms with Crippen molar-refractivity contribution in [1.82, 2.24) is 5.32 Å². The Kier molecular flexibility index (Phi) is 5.42. The van der Waals surface area contributed by atoms with Gasteiger partial charge in [-0.3, -0.25) is 0 Å². The number of benzene rings is 2. The second-order valence-corrected chi connectivity index (χ2v) is 12.5. The van der Waals surface area contributed by atoms with E-state index in [1.54, 1.807) is 0 Å². The highest BCUT2D eigenvalue weighted by atomic mass is 32.1. The smallest absolute Gasteiger partial charge is 0.261 e. The van der Waals surface area contributed by atoms with Gasteiger partial charge < -0.3 is 9.74 Å². The van der Waals surface area contributed by atoms with Crippen molar-refractivity contribution in [2.45, 2.75) is 44.8 Å². The Bertz CT molecular complexity index is 662. The number of rotatable bonds is 4. The molecular formula is C21H27NOSSi. The number of piperidine rings is 1. The van der Waals surface area contributed by atoms with Crippen LogP contribution in [0.1, 0.15) is 33.6 Å².